The highest BCUT2D eigenvalue weighted by molar-refractivity contribution is 6.68. The lowest BCUT2D eigenvalue weighted by molar-refractivity contribution is -0.390. The number of nitrogens with zero attached hydrogens (tertiary/aromatic N) is 2. The lowest BCUT2D eigenvalue weighted by atomic mass is 10.1. The summed E-state index contributed by atoms with van der Waals surface area (Å²) in [6.07, 6.45) is -8.78. The van der Waals surface area contributed by atoms with E-state index in [0.29, 0.717) is 0 Å². The molecular weight excluding hydrogens is 319 g/mol. The molecule has 0 amide bonds. The molecule has 0 atom stereocenters. The van der Waals surface area contributed by atoms with Crippen LogP contribution >= 0.6 is 11.6 Å². The van der Waals surface area contributed by atoms with E-state index in [4.69, 9.17) is 11.6 Å². The van der Waals surface area contributed by atoms with Gasteiger partial charge in [-0.1, -0.05) is 0 Å². The molecule has 0 N–H and O–H groups in total. The van der Waals surface area contributed by atoms with Crippen molar-refractivity contribution in [3.8, 4) is 5.88 Å². The minimum atomic E-state index is -5.39. The number of hydrogen-bond acceptors (Lipinski definition) is 5. The number of ether oxygens (including phenoxy) is 1. The number of alkyl halides is 5. The zero-order chi connectivity index (χ0) is 15.7. The van der Waals surface area contributed by atoms with E-state index < -0.39 is 45.6 Å². The molecule has 1 rings (SSSR count). The topological polar surface area (TPSA) is 82.3 Å². The first kappa shape index (κ1) is 16.0. The van der Waals surface area contributed by atoms with Crippen LogP contribution in [0.25, 0.3) is 0 Å². The van der Waals surface area contributed by atoms with Crippen LogP contribution in [0, 0.1) is 10.1 Å². The third-order valence-electron chi connectivity index (χ3n) is 1.88. The summed E-state index contributed by atoms with van der Waals surface area (Å²) < 4.78 is 64.7. The van der Waals surface area contributed by atoms with Crippen LogP contribution in [0.15, 0.2) is 6.20 Å². The van der Waals surface area contributed by atoms with Gasteiger partial charge in [-0.3, -0.25) is 14.9 Å². The van der Waals surface area contributed by atoms with Crippen LogP contribution in [0.2, 0.25) is 0 Å². The van der Waals surface area contributed by atoms with Gasteiger partial charge in [-0.05, 0) is 11.6 Å². The maximum Gasteiger partial charge on any atom is 0.574 e. The van der Waals surface area contributed by atoms with Gasteiger partial charge in [0.25, 0.3) is 11.7 Å². The summed E-state index contributed by atoms with van der Waals surface area (Å²) in [7, 11) is 0. The van der Waals surface area contributed by atoms with Gasteiger partial charge >= 0.3 is 17.9 Å². The van der Waals surface area contributed by atoms with Gasteiger partial charge in [0.1, 0.15) is 5.56 Å². The Bertz CT molecular complexity index is 563. The van der Waals surface area contributed by atoms with Crippen molar-refractivity contribution in [3.63, 3.8) is 0 Å². The van der Waals surface area contributed by atoms with Crippen LogP contribution in [0.5, 0.6) is 5.88 Å². The Morgan fingerprint density at radius 3 is 2.35 bits per heavy atom. The van der Waals surface area contributed by atoms with Gasteiger partial charge in [0.15, 0.2) is 0 Å². The first-order chi connectivity index (χ1) is 9.04. The lowest BCUT2D eigenvalue weighted by Gasteiger charge is -2.11. The average Bonchev–Trinajstić information content (AvgIpc) is 2.24. The molecule has 0 bridgehead atoms. The molecule has 0 aliphatic rings. The van der Waals surface area contributed by atoms with Crippen molar-refractivity contribution in [3.05, 3.63) is 27.4 Å². The van der Waals surface area contributed by atoms with Crippen molar-refractivity contribution in [2.24, 2.45) is 0 Å². The number of hydrogen-bond donors (Lipinski definition) is 0. The highest BCUT2D eigenvalue weighted by atomic mass is 35.5. The smallest absolute Gasteiger partial charge is 0.381 e. The minimum absolute atomic E-state index is 0.241. The van der Waals surface area contributed by atoms with Gasteiger partial charge in [-0.15, -0.1) is 13.2 Å². The van der Waals surface area contributed by atoms with Crippen molar-refractivity contribution in [2.75, 3.05) is 0 Å². The monoisotopic (exact) mass is 320 g/mol. The summed E-state index contributed by atoms with van der Waals surface area (Å²) in [6.45, 7) is 0. The van der Waals surface area contributed by atoms with Crippen LogP contribution in [0.3, 0.4) is 0 Å². The van der Waals surface area contributed by atoms with Gasteiger partial charge < -0.3 is 4.74 Å². The average molecular weight is 321 g/mol. The predicted molar refractivity (Wildman–Crippen MR) is 52.7 cm³/mol. The highest BCUT2D eigenvalue weighted by Gasteiger charge is 2.40. The van der Waals surface area contributed by atoms with Crippen molar-refractivity contribution < 1.29 is 36.4 Å². The predicted octanol–water partition coefficient (Wildman–Crippen LogP) is 3.21. The Morgan fingerprint density at radius 2 is 2.00 bits per heavy atom. The number of carbonyl (C=O) groups is 1. The molecule has 0 spiro atoms. The molecule has 0 aromatic carbocycles. The van der Waals surface area contributed by atoms with E-state index in [1.165, 1.54) is 0 Å². The molecule has 110 valence electrons. The Kier molecular flexibility index (Phi) is 4.43. The molecule has 0 unspecified atom stereocenters. The van der Waals surface area contributed by atoms with Crippen LogP contribution in [0.4, 0.5) is 27.6 Å². The van der Waals surface area contributed by atoms with Crippen molar-refractivity contribution in [2.45, 2.75) is 12.8 Å². The second-order valence-electron chi connectivity index (χ2n) is 3.12. The molecule has 12 heteroatoms. The standard InChI is InChI=1S/C8H2ClF5N2O4/c9-5(17)2-1-15-7(20-8(12,13)14)4(16(18)19)3(2)6(10)11/h1,6H. The number of halogens is 6. The first-order valence-corrected chi connectivity index (χ1v) is 4.83. The lowest BCUT2D eigenvalue weighted by Crippen LogP contribution is -2.20. The normalized spacial score (nSPS) is 11.6. The minimum Gasteiger partial charge on any atom is -0.381 e. The van der Waals surface area contributed by atoms with Crippen LogP contribution in [0.1, 0.15) is 22.3 Å². The van der Waals surface area contributed by atoms with Gasteiger partial charge in [0.05, 0.1) is 10.5 Å². The molecule has 0 fully saturated rings. The molecule has 0 aliphatic heterocycles. The van der Waals surface area contributed by atoms with Gasteiger partial charge in [-0.25, -0.2) is 13.8 Å². The highest BCUT2D eigenvalue weighted by Crippen LogP contribution is 2.39. The summed E-state index contributed by atoms with van der Waals surface area (Å²) in [4.78, 5) is 22.7. The maximum absolute atomic E-state index is 12.7. The summed E-state index contributed by atoms with van der Waals surface area (Å²) in [5, 5.41) is 9.11. The molecule has 0 saturated carbocycles. The molecule has 0 radical (unpaired) electrons. The summed E-state index contributed by atoms with van der Waals surface area (Å²) in [5.74, 6) is -1.71. The fourth-order valence-electron chi connectivity index (χ4n) is 1.23. The molecule has 1 heterocycles. The third-order valence-corrected chi connectivity index (χ3v) is 2.09. The van der Waals surface area contributed by atoms with E-state index in [-0.39, 0.29) is 6.20 Å². The van der Waals surface area contributed by atoms with Gasteiger partial charge in [0.2, 0.25) is 0 Å². The Labute approximate surface area is 111 Å². The molecule has 0 saturated heterocycles. The van der Waals surface area contributed by atoms with Gasteiger partial charge in [0, 0.05) is 6.20 Å². The van der Waals surface area contributed by atoms with E-state index in [0.717, 1.165) is 0 Å². The van der Waals surface area contributed by atoms with Crippen LogP contribution in [-0.2, 0) is 0 Å². The van der Waals surface area contributed by atoms with Crippen molar-refractivity contribution >= 4 is 22.5 Å². The van der Waals surface area contributed by atoms with Gasteiger partial charge in [-0.2, -0.15) is 0 Å². The van der Waals surface area contributed by atoms with E-state index in [1.54, 1.807) is 0 Å². The number of rotatable bonds is 4. The summed E-state index contributed by atoms with van der Waals surface area (Å²) in [6, 6.07) is 0. The Balaban J connectivity index is 3.61. The summed E-state index contributed by atoms with van der Waals surface area (Å²) in [5.41, 5.74) is -4.45. The number of aromatic nitrogens is 1. The number of pyridine rings is 1. The van der Waals surface area contributed by atoms with Crippen molar-refractivity contribution in [1.29, 1.82) is 0 Å². The SMILES string of the molecule is O=C(Cl)c1cnc(OC(F)(F)F)c([N+](=O)[O-])c1C(F)F. The van der Waals surface area contributed by atoms with Crippen LogP contribution in [-0.4, -0.2) is 21.5 Å². The quantitative estimate of drug-likeness (QED) is 0.368. The van der Waals surface area contributed by atoms with Crippen LogP contribution < -0.4 is 4.74 Å². The Hall–Kier alpha value is -2.04. The van der Waals surface area contributed by atoms with E-state index in [9.17, 15) is 36.9 Å². The largest absolute Gasteiger partial charge is 0.574 e. The second-order valence-corrected chi connectivity index (χ2v) is 3.46. The number of nitro groups is 1. The summed E-state index contributed by atoms with van der Waals surface area (Å²) >= 11 is 4.92. The van der Waals surface area contributed by atoms with E-state index >= 15 is 0 Å². The zero-order valence-electron chi connectivity index (χ0n) is 8.95. The van der Waals surface area contributed by atoms with Crippen molar-refractivity contribution in [1.82, 2.24) is 4.98 Å². The Morgan fingerprint density at radius 1 is 1.45 bits per heavy atom. The molecule has 1 aromatic heterocycles. The maximum atomic E-state index is 12.7. The molecule has 6 nitrogen and oxygen atoms in total. The molecule has 0 aliphatic carbocycles. The third kappa shape index (κ3) is 3.50. The van der Waals surface area contributed by atoms with E-state index in [1.807, 2.05) is 0 Å². The molecule has 20 heavy (non-hydrogen) atoms. The van der Waals surface area contributed by atoms with E-state index in [2.05, 4.69) is 9.72 Å². The fraction of sp³-hybridized carbons (Fsp3) is 0.250. The second kappa shape index (κ2) is 5.53. The number of carbonyl (C=O) groups excluding carboxylic acids is 1. The molecule has 1 aromatic rings. The first-order valence-electron chi connectivity index (χ1n) is 4.45. The fourth-order valence-corrected chi connectivity index (χ4v) is 1.39. The zero-order valence-corrected chi connectivity index (χ0v) is 9.71. The molecular formula is C8H2ClF5N2O4.